The average Bonchev–Trinajstić information content (AvgIpc) is 2.11. The molecule has 0 aromatic rings. The predicted molar refractivity (Wildman–Crippen MR) is 51.1 cm³/mol. The molecule has 0 aromatic heterocycles. The molecule has 0 saturated heterocycles. The smallest absolute Gasteiger partial charge is 0.0655 e. The minimum absolute atomic E-state index is 0.692. The van der Waals surface area contributed by atoms with Gasteiger partial charge in [0.2, 0.25) is 0 Å². The number of nitrogens with one attached hydrogen (secondary N) is 2. The van der Waals surface area contributed by atoms with Crippen molar-refractivity contribution in [2.45, 2.75) is 6.42 Å². The zero-order valence-corrected chi connectivity index (χ0v) is 7.21. The van der Waals surface area contributed by atoms with E-state index in [4.69, 9.17) is 5.73 Å². The lowest BCUT2D eigenvalue weighted by Crippen LogP contribution is -2.25. The Kier molecular flexibility index (Phi) is 4.23. The van der Waals surface area contributed by atoms with E-state index >= 15 is 0 Å². The number of aliphatic imine (C=N–C) groups is 1. The fourth-order valence-corrected chi connectivity index (χ4v) is 0.978. The molecular formula is C8H16N4. The summed E-state index contributed by atoms with van der Waals surface area (Å²) < 4.78 is 0. The van der Waals surface area contributed by atoms with Crippen molar-refractivity contribution in [3.05, 3.63) is 11.9 Å². The Morgan fingerprint density at radius 3 is 3.17 bits per heavy atom. The van der Waals surface area contributed by atoms with Gasteiger partial charge in [0, 0.05) is 32.0 Å². The van der Waals surface area contributed by atoms with E-state index in [1.807, 2.05) is 0 Å². The van der Waals surface area contributed by atoms with E-state index in [1.165, 1.54) is 0 Å². The average molecular weight is 168 g/mol. The summed E-state index contributed by atoms with van der Waals surface area (Å²) in [7, 11) is 0. The van der Waals surface area contributed by atoms with Crippen LogP contribution in [-0.2, 0) is 0 Å². The Hall–Kier alpha value is -1.03. The van der Waals surface area contributed by atoms with Crippen LogP contribution in [0.5, 0.6) is 0 Å². The maximum Gasteiger partial charge on any atom is 0.0655 e. The summed E-state index contributed by atoms with van der Waals surface area (Å²) in [5.41, 5.74) is 6.30. The quantitative estimate of drug-likeness (QED) is 0.454. The number of hydrogen-bond donors (Lipinski definition) is 3. The molecule has 0 aliphatic carbocycles. The molecule has 12 heavy (non-hydrogen) atoms. The minimum atomic E-state index is 0.692. The van der Waals surface area contributed by atoms with Crippen LogP contribution in [0.4, 0.5) is 0 Å². The van der Waals surface area contributed by atoms with Crippen molar-refractivity contribution in [1.82, 2.24) is 10.6 Å². The fourth-order valence-electron chi connectivity index (χ4n) is 0.978. The highest BCUT2D eigenvalue weighted by Gasteiger charge is 1.89. The molecule has 0 fully saturated rings. The molecule has 0 spiro atoms. The van der Waals surface area contributed by atoms with E-state index in [0.29, 0.717) is 5.70 Å². The van der Waals surface area contributed by atoms with Gasteiger partial charge in [-0.2, -0.15) is 0 Å². The molecule has 0 bridgehead atoms. The first kappa shape index (κ1) is 9.06. The van der Waals surface area contributed by atoms with Crippen molar-refractivity contribution in [2.75, 3.05) is 26.2 Å². The molecule has 0 atom stereocenters. The lowest BCUT2D eigenvalue weighted by Gasteiger charge is -2.02. The Morgan fingerprint density at radius 2 is 2.25 bits per heavy atom. The van der Waals surface area contributed by atoms with E-state index < -0.39 is 0 Å². The Morgan fingerprint density at radius 1 is 1.33 bits per heavy atom. The second kappa shape index (κ2) is 5.60. The van der Waals surface area contributed by atoms with Crippen molar-refractivity contribution in [3.63, 3.8) is 0 Å². The molecular weight excluding hydrogens is 152 g/mol. The Labute approximate surface area is 72.9 Å². The number of nitrogens with two attached hydrogens (primary N) is 1. The molecule has 0 unspecified atom stereocenters. The van der Waals surface area contributed by atoms with Gasteiger partial charge in [-0.25, -0.2) is 0 Å². The molecule has 68 valence electrons. The first-order valence-electron chi connectivity index (χ1n) is 4.29. The second-order valence-electron chi connectivity index (χ2n) is 2.74. The monoisotopic (exact) mass is 168 g/mol. The lowest BCUT2D eigenvalue weighted by atomic mass is 10.4. The summed E-state index contributed by atoms with van der Waals surface area (Å²) in [6.07, 6.45) is 4.57. The second-order valence-corrected chi connectivity index (χ2v) is 2.74. The minimum Gasteiger partial charge on any atom is -0.396 e. The van der Waals surface area contributed by atoms with Crippen LogP contribution in [0.3, 0.4) is 0 Å². The molecule has 0 radical (unpaired) electrons. The third-order valence-electron chi connectivity index (χ3n) is 1.60. The summed E-state index contributed by atoms with van der Waals surface area (Å²) in [4.78, 5) is 4.16. The molecule has 4 N–H and O–H groups in total. The maximum atomic E-state index is 5.60. The molecule has 0 saturated carbocycles. The zero-order valence-electron chi connectivity index (χ0n) is 7.21. The van der Waals surface area contributed by atoms with Crippen LogP contribution in [0, 0.1) is 0 Å². The van der Waals surface area contributed by atoms with E-state index in [2.05, 4.69) is 15.6 Å². The van der Waals surface area contributed by atoms with Gasteiger partial charge >= 0.3 is 0 Å². The fraction of sp³-hybridized carbons (Fsp3) is 0.625. The lowest BCUT2D eigenvalue weighted by molar-refractivity contribution is 0.639. The highest BCUT2D eigenvalue weighted by atomic mass is 14.9. The molecule has 1 heterocycles. The first-order chi connectivity index (χ1) is 5.89. The topological polar surface area (TPSA) is 62.4 Å². The van der Waals surface area contributed by atoms with Gasteiger partial charge in [-0.1, -0.05) is 0 Å². The van der Waals surface area contributed by atoms with Gasteiger partial charge < -0.3 is 16.4 Å². The van der Waals surface area contributed by atoms with E-state index in [0.717, 1.165) is 32.6 Å². The summed E-state index contributed by atoms with van der Waals surface area (Å²) in [6.45, 7) is 3.76. The third kappa shape index (κ3) is 3.98. The van der Waals surface area contributed by atoms with Crippen molar-refractivity contribution >= 4 is 6.21 Å². The maximum absolute atomic E-state index is 5.60. The van der Waals surface area contributed by atoms with E-state index in [-0.39, 0.29) is 0 Å². The summed E-state index contributed by atoms with van der Waals surface area (Å²) in [5.74, 6) is 0. The van der Waals surface area contributed by atoms with E-state index in [9.17, 15) is 0 Å². The SMILES string of the molecule is N/C1=C/NCCNCCCN=C1. The number of hydrogen-bond acceptors (Lipinski definition) is 4. The van der Waals surface area contributed by atoms with Crippen LogP contribution in [-0.4, -0.2) is 32.4 Å². The van der Waals surface area contributed by atoms with E-state index in [1.54, 1.807) is 12.4 Å². The van der Waals surface area contributed by atoms with Crippen molar-refractivity contribution in [2.24, 2.45) is 10.7 Å². The Balaban J connectivity index is 2.37. The normalized spacial score (nSPS) is 24.8. The van der Waals surface area contributed by atoms with Gasteiger partial charge in [-0.05, 0) is 13.0 Å². The molecule has 0 amide bonds. The molecule has 4 heteroatoms. The predicted octanol–water partition coefficient (Wildman–Crippen LogP) is -0.560. The summed E-state index contributed by atoms with van der Waals surface area (Å²) in [5, 5.41) is 6.38. The van der Waals surface area contributed by atoms with Crippen molar-refractivity contribution < 1.29 is 0 Å². The van der Waals surface area contributed by atoms with Gasteiger partial charge in [0.1, 0.15) is 0 Å². The van der Waals surface area contributed by atoms with Crippen LogP contribution in [0.1, 0.15) is 6.42 Å². The van der Waals surface area contributed by atoms with Crippen LogP contribution >= 0.6 is 0 Å². The van der Waals surface area contributed by atoms with Gasteiger partial charge in [0.15, 0.2) is 0 Å². The van der Waals surface area contributed by atoms with Crippen LogP contribution in [0.25, 0.3) is 0 Å². The summed E-state index contributed by atoms with van der Waals surface area (Å²) in [6, 6.07) is 0. The largest absolute Gasteiger partial charge is 0.396 e. The first-order valence-corrected chi connectivity index (χ1v) is 4.29. The highest BCUT2D eigenvalue weighted by molar-refractivity contribution is 5.76. The molecule has 1 rings (SSSR count). The zero-order chi connectivity index (χ0) is 8.65. The van der Waals surface area contributed by atoms with Crippen LogP contribution in [0.2, 0.25) is 0 Å². The van der Waals surface area contributed by atoms with Gasteiger partial charge in [-0.3, -0.25) is 4.99 Å². The molecule has 1 aliphatic heterocycles. The number of rotatable bonds is 0. The van der Waals surface area contributed by atoms with Crippen LogP contribution < -0.4 is 16.4 Å². The molecule has 1 aliphatic rings. The Bertz CT molecular complexity index is 174. The summed E-state index contributed by atoms with van der Waals surface area (Å²) >= 11 is 0. The van der Waals surface area contributed by atoms with Crippen molar-refractivity contribution in [3.8, 4) is 0 Å². The van der Waals surface area contributed by atoms with Crippen molar-refractivity contribution in [1.29, 1.82) is 0 Å². The van der Waals surface area contributed by atoms with Gasteiger partial charge in [0.05, 0.1) is 5.70 Å². The number of nitrogens with zero attached hydrogens (tertiary/aromatic N) is 1. The number of allylic oxidation sites excluding steroid dienone is 1. The molecule has 0 aromatic carbocycles. The molecule has 4 nitrogen and oxygen atoms in total. The van der Waals surface area contributed by atoms with Gasteiger partial charge in [-0.15, -0.1) is 0 Å². The standard InChI is InChI=1S/C8H16N4/c9-8-6-11-3-1-2-10-4-5-12-7-8/h6-7,10,12H,1-5,9H2/b8-7+,11-6?. The van der Waals surface area contributed by atoms with Crippen LogP contribution in [0.15, 0.2) is 16.9 Å². The highest BCUT2D eigenvalue weighted by Crippen LogP contribution is 1.82. The van der Waals surface area contributed by atoms with Gasteiger partial charge in [0.25, 0.3) is 0 Å². The third-order valence-corrected chi connectivity index (χ3v) is 1.60.